The van der Waals surface area contributed by atoms with Gasteiger partial charge in [0.15, 0.2) is 0 Å². The fourth-order valence-corrected chi connectivity index (χ4v) is 5.09. The summed E-state index contributed by atoms with van der Waals surface area (Å²) >= 11 is 0. The van der Waals surface area contributed by atoms with Crippen molar-refractivity contribution in [3.8, 4) is 11.6 Å². The number of fused-ring (bicyclic) bond motifs is 1. The van der Waals surface area contributed by atoms with Gasteiger partial charge in [-0.15, -0.1) is 0 Å². The number of aromatic nitrogens is 2. The number of nitrogens with two attached hydrogens (primary N) is 1. The fraction of sp³-hybridized carbons (Fsp3) is 0.393. The quantitative estimate of drug-likeness (QED) is 0.442. The number of nitrogen functional groups attached to an aromatic ring is 1. The minimum atomic E-state index is -4.53. The summed E-state index contributed by atoms with van der Waals surface area (Å²) in [4.78, 5) is 27.1. The summed E-state index contributed by atoms with van der Waals surface area (Å²) in [6.45, 7) is 8.33. The Balaban J connectivity index is 1.29. The number of ether oxygens (including phenoxy) is 1. The Morgan fingerprint density at radius 3 is 2.52 bits per heavy atom. The number of nitrogens with zero attached hydrogens (tertiary/aromatic N) is 5. The largest absolute Gasteiger partial charge is 0.439 e. The number of amides is 2. The minimum absolute atomic E-state index is 0.116. The Morgan fingerprint density at radius 1 is 1.05 bits per heavy atom. The SMILES string of the molecule is CC(C)N1CCN(Cc2cc(NC(=O)N3CCc4cc(Oc5cc(N)ncn5)ccc43)cc(C(F)(F)F)c2)CC1. The van der Waals surface area contributed by atoms with Crippen molar-refractivity contribution in [1.82, 2.24) is 19.8 Å². The van der Waals surface area contributed by atoms with Gasteiger partial charge in [0.25, 0.3) is 0 Å². The van der Waals surface area contributed by atoms with E-state index < -0.39 is 17.8 Å². The molecule has 9 nitrogen and oxygen atoms in total. The molecular weight excluding hydrogens is 523 g/mol. The van der Waals surface area contributed by atoms with E-state index in [4.69, 9.17) is 10.5 Å². The van der Waals surface area contributed by atoms with Gasteiger partial charge in [-0.3, -0.25) is 14.7 Å². The number of nitrogens with one attached hydrogen (secondary N) is 1. The average Bonchev–Trinajstić information content (AvgIpc) is 3.32. The molecule has 0 unspecified atom stereocenters. The second kappa shape index (κ2) is 11.3. The molecule has 2 aliphatic heterocycles. The predicted octanol–water partition coefficient (Wildman–Crippen LogP) is 4.99. The van der Waals surface area contributed by atoms with Gasteiger partial charge in [-0.2, -0.15) is 13.2 Å². The van der Waals surface area contributed by atoms with Crippen LogP contribution in [-0.4, -0.2) is 64.6 Å². The second-order valence-corrected chi connectivity index (χ2v) is 10.3. The molecule has 0 spiro atoms. The Morgan fingerprint density at radius 2 is 1.82 bits per heavy atom. The van der Waals surface area contributed by atoms with Crippen molar-refractivity contribution >= 4 is 23.2 Å². The minimum Gasteiger partial charge on any atom is -0.439 e. The number of hydrogen-bond acceptors (Lipinski definition) is 7. The number of piperazine rings is 1. The molecule has 1 fully saturated rings. The molecule has 3 aromatic rings. The van der Waals surface area contributed by atoms with E-state index in [-0.39, 0.29) is 11.5 Å². The maximum absolute atomic E-state index is 13.7. The first-order chi connectivity index (χ1) is 19.0. The van der Waals surface area contributed by atoms with E-state index in [0.29, 0.717) is 48.4 Å². The number of rotatable bonds is 6. The zero-order chi connectivity index (χ0) is 28.4. The van der Waals surface area contributed by atoms with Crippen molar-refractivity contribution in [1.29, 1.82) is 0 Å². The summed E-state index contributed by atoms with van der Waals surface area (Å²) in [7, 11) is 0. The third-order valence-electron chi connectivity index (χ3n) is 7.19. The van der Waals surface area contributed by atoms with Gasteiger partial charge < -0.3 is 15.8 Å². The van der Waals surface area contributed by atoms with Gasteiger partial charge in [0.2, 0.25) is 5.88 Å². The Kier molecular flexibility index (Phi) is 7.81. The van der Waals surface area contributed by atoms with Crippen LogP contribution in [0.2, 0.25) is 0 Å². The van der Waals surface area contributed by atoms with Crippen LogP contribution in [0, 0.1) is 0 Å². The van der Waals surface area contributed by atoms with Crippen LogP contribution < -0.4 is 20.7 Å². The summed E-state index contributed by atoms with van der Waals surface area (Å²) in [5.41, 5.74) is 7.06. The molecule has 0 bridgehead atoms. The Hall–Kier alpha value is -3.90. The first kappa shape index (κ1) is 27.7. The third-order valence-corrected chi connectivity index (χ3v) is 7.19. The van der Waals surface area contributed by atoms with E-state index in [1.807, 2.05) is 6.07 Å². The number of carbonyl (C=O) groups is 1. The molecule has 2 amide bonds. The summed E-state index contributed by atoms with van der Waals surface area (Å²) in [5.74, 6) is 1.10. The van der Waals surface area contributed by atoms with Crippen molar-refractivity contribution in [3.63, 3.8) is 0 Å². The lowest BCUT2D eigenvalue weighted by atomic mass is 10.1. The van der Waals surface area contributed by atoms with Crippen molar-refractivity contribution in [3.05, 3.63) is 65.5 Å². The summed E-state index contributed by atoms with van der Waals surface area (Å²) in [6, 6.07) is 10.5. The van der Waals surface area contributed by atoms with Crippen molar-refractivity contribution < 1.29 is 22.7 Å². The van der Waals surface area contributed by atoms with E-state index >= 15 is 0 Å². The normalized spacial score (nSPS) is 16.3. The molecule has 40 heavy (non-hydrogen) atoms. The fourth-order valence-electron chi connectivity index (χ4n) is 5.09. The van der Waals surface area contributed by atoms with Crippen LogP contribution in [0.1, 0.15) is 30.5 Å². The lowest BCUT2D eigenvalue weighted by molar-refractivity contribution is -0.137. The molecule has 0 aliphatic carbocycles. The van der Waals surface area contributed by atoms with Crippen LogP contribution >= 0.6 is 0 Å². The molecule has 5 rings (SSSR count). The molecular formula is C28H32F3N7O2. The number of halogens is 3. The summed E-state index contributed by atoms with van der Waals surface area (Å²) in [5, 5.41) is 2.70. The molecule has 3 heterocycles. The summed E-state index contributed by atoms with van der Waals surface area (Å²) < 4.78 is 47.0. The van der Waals surface area contributed by atoms with Crippen molar-refractivity contribution in [2.24, 2.45) is 0 Å². The monoisotopic (exact) mass is 555 g/mol. The average molecular weight is 556 g/mol. The zero-order valence-corrected chi connectivity index (χ0v) is 22.4. The second-order valence-electron chi connectivity index (χ2n) is 10.3. The molecule has 2 aliphatic rings. The Bertz CT molecular complexity index is 1370. The van der Waals surface area contributed by atoms with Crippen LogP contribution in [0.5, 0.6) is 11.6 Å². The number of benzene rings is 2. The van der Waals surface area contributed by atoms with Crippen LogP contribution in [0.4, 0.5) is 35.2 Å². The highest BCUT2D eigenvalue weighted by molar-refractivity contribution is 6.03. The predicted molar refractivity (Wildman–Crippen MR) is 146 cm³/mol. The molecule has 0 atom stereocenters. The maximum atomic E-state index is 13.7. The van der Waals surface area contributed by atoms with Gasteiger partial charge in [0, 0.05) is 62.8 Å². The molecule has 1 aromatic heterocycles. The zero-order valence-electron chi connectivity index (χ0n) is 22.4. The van der Waals surface area contributed by atoms with Crippen LogP contribution in [0.3, 0.4) is 0 Å². The lowest BCUT2D eigenvalue weighted by Gasteiger charge is -2.37. The van der Waals surface area contributed by atoms with Gasteiger partial charge in [-0.05, 0) is 67.8 Å². The van der Waals surface area contributed by atoms with Crippen molar-refractivity contribution in [2.75, 3.05) is 48.7 Å². The highest BCUT2D eigenvalue weighted by Gasteiger charge is 2.32. The van der Waals surface area contributed by atoms with E-state index in [0.717, 1.165) is 37.8 Å². The van der Waals surface area contributed by atoms with Crippen LogP contribution in [0.15, 0.2) is 48.8 Å². The molecule has 2 aromatic carbocycles. The van der Waals surface area contributed by atoms with E-state index in [1.165, 1.54) is 23.4 Å². The molecule has 0 saturated carbocycles. The molecule has 0 radical (unpaired) electrons. The number of anilines is 3. The van der Waals surface area contributed by atoms with E-state index in [2.05, 4.69) is 38.9 Å². The number of carbonyl (C=O) groups excluding carboxylic acids is 1. The first-order valence-corrected chi connectivity index (χ1v) is 13.2. The lowest BCUT2D eigenvalue weighted by Crippen LogP contribution is -2.48. The van der Waals surface area contributed by atoms with Crippen LogP contribution in [0.25, 0.3) is 0 Å². The molecule has 3 N–H and O–H groups in total. The number of alkyl halides is 3. The smallest absolute Gasteiger partial charge is 0.416 e. The third kappa shape index (κ3) is 6.45. The van der Waals surface area contributed by atoms with E-state index in [9.17, 15) is 18.0 Å². The number of urea groups is 1. The van der Waals surface area contributed by atoms with Crippen LogP contribution in [-0.2, 0) is 19.1 Å². The molecule has 212 valence electrons. The van der Waals surface area contributed by atoms with Gasteiger partial charge in [0.1, 0.15) is 17.9 Å². The van der Waals surface area contributed by atoms with Crippen molar-refractivity contribution in [2.45, 2.75) is 39.0 Å². The first-order valence-electron chi connectivity index (χ1n) is 13.2. The van der Waals surface area contributed by atoms with Gasteiger partial charge in [-0.25, -0.2) is 14.8 Å². The topological polar surface area (TPSA) is 99.8 Å². The molecule has 12 heteroatoms. The Labute approximate surface area is 230 Å². The standard InChI is InChI=1S/C28H32F3N7O2/c1-18(2)37-9-7-36(8-10-37)16-19-11-21(28(29,30)31)14-22(12-19)35-27(39)38-6-5-20-13-23(3-4-24(20)38)40-26-15-25(32)33-17-34-26/h3-4,11-15,17-18H,5-10,16H2,1-2H3,(H,35,39)(H2,32,33,34). The molecule has 1 saturated heterocycles. The number of hydrogen-bond donors (Lipinski definition) is 2. The van der Waals surface area contributed by atoms with Gasteiger partial charge in [-0.1, -0.05) is 0 Å². The van der Waals surface area contributed by atoms with E-state index in [1.54, 1.807) is 18.2 Å². The maximum Gasteiger partial charge on any atom is 0.416 e. The van der Waals surface area contributed by atoms with Gasteiger partial charge in [0.05, 0.1) is 5.56 Å². The highest BCUT2D eigenvalue weighted by Crippen LogP contribution is 2.35. The highest BCUT2D eigenvalue weighted by atomic mass is 19.4. The van der Waals surface area contributed by atoms with Gasteiger partial charge >= 0.3 is 12.2 Å². The summed E-state index contributed by atoms with van der Waals surface area (Å²) in [6.07, 6.45) is -2.66.